The Bertz CT molecular complexity index is 369. The highest BCUT2D eigenvalue weighted by Gasteiger charge is 2.22. The largest absolute Gasteiger partial charge is 0.458 e. The Morgan fingerprint density at radius 2 is 1.88 bits per heavy atom. The molecule has 0 N–H and O–H groups in total. The Labute approximate surface area is 90.3 Å². The average molecular weight is 230 g/mol. The van der Waals surface area contributed by atoms with Gasteiger partial charge in [-0.3, -0.25) is 0 Å². The van der Waals surface area contributed by atoms with Gasteiger partial charge < -0.3 is 4.74 Å². The SMILES string of the molecule is O=C(C=CC(F)(F)F)OCc1ccccc1. The molecule has 1 aromatic rings. The van der Waals surface area contributed by atoms with Gasteiger partial charge in [-0.25, -0.2) is 4.79 Å². The summed E-state index contributed by atoms with van der Waals surface area (Å²) >= 11 is 0. The number of alkyl halides is 3. The van der Waals surface area contributed by atoms with E-state index in [1.165, 1.54) is 0 Å². The molecule has 86 valence electrons. The Morgan fingerprint density at radius 1 is 1.25 bits per heavy atom. The molecule has 0 aliphatic carbocycles. The second-order valence-electron chi connectivity index (χ2n) is 2.97. The molecule has 1 aromatic carbocycles. The summed E-state index contributed by atoms with van der Waals surface area (Å²) in [6.45, 7) is -0.0398. The maximum atomic E-state index is 11.7. The lowest BCUT2D eigenvalue weighted by atomic mass is 10.2. The fourth-order valence-corrected chi connectivity index (χ4v) is 0.939. The molecule has 0 aliphatic heterocycles. The van der Waals surface area contributed by atoms with Crippen molar-refractivity contribution in [1.82, 2.24) is 0 Å². The second kappa shape index (κ2) is 5.34. The van der Waals surface area contributed by atoms with E-state index in [4.69, 9.17) is 0 Å². The summed E-state index contributed by atoms with van der Waals surface area (Å²) in [5.74, 6) is -1.01. The first-order chi connectivity index (χ1) is 7.47. The zero-order chi connectivity index (χ0) is 12.0. The number of allylic oxidation sites excluding steroid dienone is 1. The lowest BCUT2D eigenvalue weighted by Crippen LogP contribution is -2.05. The molecule has 0 atom stereocenters. The summed E-state index contributed by atoms with van der Waals surface area (Å²) in [6, 6.07) is 8.69. The standard InChI is InChI=1S/C11H9F3O2/c12-11(13,14)7-6-10(15)16-8-9-4-2-1-3-5-9/h1-7H,8H2. The van der Waals surface area contributed by atoms with E-state index < -0.39 is 12.1 Å². The highest BCUT2D eigenvalue weighted by atomic mass is 19.4. The van der Waals surface area contributed by atoms with E-state index in [1.807, 2.05) is 0 Å². The maximum absolute atomic E-state index is 11.7. The van der Waals surface area contributed by atoms with Crippen LogP contribution in [0.1, 0.15) is 5.56 Å². The number of carbonyl (C=O) groups is 1. The smallest absolute Gasteiger partial charge is 0.410 e. The Morgan fingerprint density at radius 3 is 2.44 bits per heavy atom. The van der Waals surface area contributed by atoms with Gasteiger partial charge in [0.15, 0.2) is 0 Å². The van der Waals surface area contributed by atoms with Crippen molar-refractivity contribution in [2.75, 3.05) is 0 Å². The predicted octanol–water partition coefficient (Wildman–Crippen LogP) is 2.85. The molecule has 1 rings (SSSR count). The molecule has 0 aliphatic rings. The van der Waals surface area contributed by atoms with Gasteiger partial charge in [-0.05, 0) is 5.56 Å². The number of hydrogen-bond donors (Lipinski definition) is 0. The number of rotatable bonds is 3. The summed E-state index contributed by atoms with van der Waals surface area (Å²) < 4.78 is 39.7. The number of benzene rings is 1. The topological polar surface area (TPSA) is 26.3 Å². The zero-order valence-electron chi connectivity index (χ0n) is 8.20. The first-order valence-corrected chi connectivity index (χ1v) is 4.44. The molecule has 0 fully saturated rings. The number of carbonyl (C=O) groups excluding carboxylic acids is 1. The molecule has 0 spiro atoms. The van der Waals surface area contributed by atoms with Crippen molar-refractivity contribution in [3.8, 4) is 0 Å². The minimum absolute atomic E-state index is 0.0398. The molecule has 0 radical (unpaired) electrons. The summed E-state index contributed by atoms with van der Waals surface area (Å²) in [6.07, 6.45) is -4.28. The van der Waals surface area contributed by atoms with Gasteiger partial charge >= 0.3 is 12.1 Å². The van der Waals surface area contributed by atoms with E-state index in [0.29, 0.717) is 6.08 Å². The van der Waals surface area contributed by atoms with Crippen molar-refractivity contribution < 1.29 is 22.7 Å². The van der Waals surface area contributed by atoms with Crippen LogP contribution < -0.4 is 0 Å². The van der Waals surface area contributed by atoms with Crippen molar-refractivity contribution in [3.05, 3.63) is 48.0 Å². The summed E-state index contributed by atoms with van der Waals surface area (Å²) in [4.78, 5) is 10.9. The fraction of sp³-hybridized carbons (Fsp3) is 0.182. The first-order valence-electron chi connectivity index (χ1n) is 4.44. The van der Waals surface area contributed by atoms with Crippen LogP contribution in [-0.2, 0) is 16.1 Å². The van der Waals surface area contributed by atoms with E-state index in [0.717, 1.165) is 5.56 Å². The molecular formula is C11H9F3O2. The zero-order valence-corrected chi connectivity index (χ0v) is 8.20. The third kappa shape index (κ3) is 5.19. The Kier molecular flexibility index (Phi) is 4.10. The van der Waals surface area contributed by atoms with Crippen molar-refractivity contribution in [2.24, 2.45) is 0 Å². The predicted molar refractivity (Wildman–Crippen MR) is 51.4 cm³/mol. The van der Waals surface area contributed by atoms with Crippen LogP contribution in [0.25, 0.3) is 0 Å². The second-order valence-corrected chi connectivity index (χ2v) is 2.97. The minimum Gasteiger partial charge on any atom is -0.458 e. The molecule has 2 nitrogen and oxygen atoms in total. The van der Waals surface area contributed by atoms with Gasteiger partial charge in [-0.2, -0.15) is 13.2 Å². The molecule has 0 amide bonds. The van der Waals surface area contributed by atoms with Crippen LogP contribution in [0, 0.1) is 0 Å². The van der Waals surface area contributed by atoms with Crippen molar-refractivity contribution in [1.29, 1.82) is 0 Å². The Balaban J connectivity index is 2.40. The third-order valence-electron chi connectivity index (χ3n) is 1.63. The number of halogens is 3. The van der Waals surface area contributed by atoms with Crippen LogP contribution in [-0.4, -0.2) is 12.1 Å². The van der Waals surface area contributed by atoms with Gasteiger partial charge in [0.1, 0.15) is 6.61 Å². The van der Waals surface area contributed by atoms with Crippen LogP contribution >= 0.6 is 0 Å². The van der Waals surface area contributed by atoms with Crippen molar-refractivity contribution in [3.63, 3.8) is 0 Å². The van der Waals surface area contributed by atoms with Crippen molar-refractivity contribution in [2.45, 2.75) is 12.8 Å². The molecule has 0 unspecified atom stereocenters. The lowest BCUT2D eigenvalue weighted by Gasteiger charge is -2.02. The summed E-state index contributed by atoms with van der Waals surface area (Å²) in [5.41, 5.74) is 0.719. The van der Waals surface area contributed by atoms with Gasteiger partial charge in [-0.15, -0.1) is 0 Å². The molecule has 5 heteroatoms. The first kappa shape index (κ1) is 12.3. The summed E-state index contributed by atoms with van der Waals surface area (Å²) in [7, 11) is 0. The molecule has 0 saturated carbocycles. The van der Waals surface area contributed by atoms with E-state index in [2.05, 4.69) is 4.74 Å². The van der Waals surface area contributed by atoms with Crippen LogP contribution in [0.3, 0.4) is 0 Å². The normalized spacial score (nSPS) is 11.7. The quantitative estimate of drug-likeness (QED) is 0.589. The Hall–Kier alpha value is -1.78. The van der Waals surface area contributed by atoms with E-state index in [-0.39, 0.29) is 12.7 Å². The molecule has 0 bridgehead atoms. The van der Waals surface area contributed by atoms with Gasteiger partial charge in [-0.1, -0.05) is 30.3 Å². The summed E-state index contributed by atoms with van der Waals surface area (Å²) in [5, 5.41) is 0. The highest BCUT2D eigenvalue weighted by molar-refractivity contribution is 5.82. The lowest BCUT2D eigenvalue weighted by molar-refractivity contribution is -0.139. The van der Waals surface area contributed by atoms with Gasteiger partial charge in [0, 0.05) is 12.2 Å². The molecule has 0 saturated heterocycles. The van der Waals surface area contributed by atoms with Crippen LogP contribution in [0.4, 0.5) is 13.2 Å². The van der Waals surface area contributed by atoms with E-state index >= 15 is 0 Å². The van der Waals surface area contributed by atoms with Crippen LogP contribution in [0.15, 0.2) is 42.5 Å². The highest BCUT2D eigenvalue weighted by Crippen LogP contribution is 2.15. The minimum atomic E-state index is -4.49. The van der Waals surface area contributed by atoms with E-state index in [9.17, 15) is 18.0 Å². The van der Waals surface area contributed by atoms with Crippen LogP contribution in [0.2, 0.25) is 0 Å². The van der Waals surface area contributed by atoms with Gasteiger partial charge in [0.2, 0.25) is 0 Å². The number of hydrogen-bond acceptors (Lipinski definition) is 2. The monoisotopic (exact) mass is 230 g/mol. The number of ether oxygens (including phenoxy) is 1. The maximum Gasteiger partial charge on any atom is 0.410 e. The molecule has 16 heavy (non-hydrogen) atoms. The fourth-order valence-electron chi connectivity index (χ4n) is 0.939. The van der Waals surface area contributed by atoms with Gasteiger partial charge in [0.25, 0.3) is 0 Å². The molecular weight excluding hydrogens is 221 g/mol. The third-order valence-corrected chi connectivity index (χ3v) is 1.63. The molecule has 0 heterocycles. The van der Waals surface area contributed by atoms with E-state index in [1.54, 1.807) is 30.3 Å². The van der Waals surface area contributed by atoms with Crippen molar-refractivity contribution >= 4 is 5.97 Å². The van der Waals surface area contributed by atoms with Gasteiger partial charge in [0.05, 0.1) is 0 Å². The molecule has 0 aromatic heterocycles. The average Bonchev–Trinajstić information content (AvgIpc) is 2.24. The van der Waals surface area contributed by atoms with Crippen LogP contribution in [0.5, 0.6) is 0 Å². The number of esters is 1.